The second-order valence-corrected chi connectivity index (χ2v) is 9.39. The fourth-order valence-electron chi connectivity index (χ4n) is 4.26. The van der Waals surface area contributed by atoms with E-state index < -0.39 is 23.8 Å². The largest absolute Gasteiger partial charge is 0.433 e. The summed E-state index contributed by atoms with van der Waals surface area (Å²) in [5.74, 6) is -0.555. The van der Waals surface area contributed by atoms with Gasteiger partial charge < -0.3 is 21.3 Å². The van der Waals surface area contributed by atoms with Crippen molar-refractivity contribution in [3.05, 3.63) is 59.3 Å². The number of aromatic nitrogens is 5. The van der Waals surface area contributed by atoms with E-state index in [0.29, 0.717) is 12.2 Å². The monoisotopic (exact) mass is 561 g/mol. The zero-order chi connectivity index (χ0) is 27.7. The highest BCUT2D eigenvalue weighted by Gasteiger charge is 2.36. The van der Waals surface area contributed by atoms with Gasteiger partial charge in [0.15, 0.2) is 11.5 Å². The normalized spacial score (nSPS) is 16.3. The zero-order valence-corrected chi connectivity index (χ0v) is 21.2. The van der Waals surface area contributed by atoms with Gasteiger partial charge >= 0.3 is 6.18 Å². The van der Waals surface area contributed by atoms with Crippen LogP contribution in [0.2, 0.25) is 5.02 Å². The number of fused-ring (bicyclic) bond motifs is 1. The van der Waals surface area contributed by atoms with Crippen molar-refractivity contribution < 1.29 is 22.8 Å². The quantitative estimate of drug-likeness (QED) is 0.233. The molecule has 5 rings (SSSR count). The number of alkyl halides is 3. The average Bonchev–Trinajstić information content (AvgIpc) is 3.64. The Kier molecular flexibility index (Phi) is 7.14. The number of aromatic amines is 1. The lowest BCUT2D eigenvalue weighted by Gasteiger charge is -2.18. The maximum Gasteiger partial charge on any atom is 0.433 e. The van der Waals surface area contributed by atoms with E-state index in [1.54, 1.807) is 13.0 Å². The first-order valence-electron chi connectivity index (χ1n) is 11.9. The van der Waals surface area contributed by atoms with Crippen LogP contribution in [0.15, 0.2) is 43.0 Å². The van der Waals surface area contributed by atoms with Crippen molar-refractivity contribution >= 4 is 40.6 Å². The highest BCUT2D eigenvalue weighted by molar-refractivity contribution is 6.34. The second kappa shape index (κ2) is 10.5. The van der Waals surface area contributed by atoms with Crippen molar-refractivity contribution in [3.63, 3.8) is 0 Å². The number of carbonyl (C=O) groups excluding carboxylic acids is 2. The lowest BCUT2D eigenvalue weighted by molar-refractivity contribution is -0.140. The molecular weight excluding hydrogens is 539 g/mol. The fraction of sp³-hybridized carbons (Fsp3) is 0.292. The standard InChI is InChI=1S/C24H23ClF3N9O2/c1-12(22(38)35-14-4-5-29-9-14)33-23(39)15-3-2-13(8-17(15)25)34-20-21-31-11-18(37(21)7-6-30-20)16-10-32-36-19(16)24(26,27)28/h2-3,6-8,10-12,14,29H,4-5,9H2,1H3,(H,30,34)(H,32,36)(H,33,39)(H,35,38)/t12-,14-/m0/s1. The fourth-order valence-corrected chi connectivity index (χ4v) is 4.53. The van der Waals surface area contributed by atoms with E-state index >= 15 is 0 Å². The predicted octanol–water partition coefficient (Wildman–Crippen LogP) is 3.13. The second-order valence-electron chi connectivity index (χ2n) is 8.98. The highest BCUT2D eigenvalue weighted by atomic mass is 35.5. The number of carbonyl (C=O) groups is 2. The summed E-state index contributed by atoms with van der Waals surface area (Å²) in [7, 11) is 0. The summed E-state index contributed by atoms with van der Waals surface area (Å²) >= 11 is 6.37. The van der Waals surface area contributed by atoms with Crippen LogP contribution in [0.3, 0.4) is 0 Å². The van der Waals surface area contributed by atoms with Crippen LogP contribution >= 0.6 is 11.6 Å². The van der Waals surface area contributed by atoms with E-state index in [2.05, 4.69) is 36.3 Å². The number of hydrogen-bond donors (Lipinski definition) is 5. The number of halogens is 4. The molecule has 11 nitrogen and oxygen atoms in total. The molecule has 39 heavy (non-hydrogen) atoms. The summed E-state index contributed by atoms with van der Waals surface area (Å²) in [4.78, 5) is 33.6. The Balaban J connectivity index is 1.31. The number of benzene rings is 1. The van der Waals surface area contributed by atoms with Gasteiger partial charge in [-0.05, 0) is 38.1 Å². The molecule has 15 heteroatoms. The lowest BCUT2D eigenvalue weighted by Crippen LogP contribution is -2.48. The van der Waals surface area contributed by atoms with Crippen LogP contribution in [-0.4, -0.2) is 61.6 Å². The topological polar surface area (TPSA) is 141 Å². The highest BCUT2D eigenvalue weighted by Crippen LogP contribution is 2.36. The van der Waals surface area contributed by atoms with Gasteiger partial charge in [0.25, 0.3) is 5.91 Å². The predicted molar refractivity (Wildman–Crippen MR) is 137 cm³/mol. The van der Waals surface area contributed by atoms with Gasteiger partial charge in [-0.1, -0.05) is 11.6 Å². The van der Waals surface area contributed by atoms with E-state index in [1.165, 1.54) is 35.1 Å². The summed E-state index contributed by atoms with van der Waals surface area (Å²) in [6.45, 7) is 3.11. The number of H-pyrrole nitrogens is 1. The molecule has 3 aromatic heterocycles. The van der Waals surface area contributed by atoms with Crippen LogP contribution in [-0.2, 0) is 11.0 Å². The van der Waals surface area contributed by atoms with Gasteiger partial charge in [-0.15, -0.1) is 0 Å². The molecule has 2 atom stereocenters. The van der Waals surface area contributed by atoms with E-state index in [-0.39, 0.29) is 45.3 Å². The summed E-state index contributed by atoms with van der Waals surface area (Å²) < 4.78 is 41.6. The number of rotatable bonds is 7. The summed E-state index contributed by atoms with van der Waals surface area (Å²) in [5, 5.41) is 17.4. The number of nitrogens with one attached hydrogen (secondary N) is 5. The Morgan fingerprint density at radius 2 is 2.05 bits per heavy atom. The third kappa shape index (κ3) is 5.52. The molecule has 0 unspecified atom stereocenters. The van der Waals surface area contributed by atoms with Gasteiger partial charge in [0.2, 0.25) is 5.91 Å². The Labute approximate surface area is 224 Å². The van der Waals surface area contributed by atoms with Crippen molar-refractivity contribution in [2.75, 3.05) is 18.4 Å². The number of hydrogen-bond acceptors (Lipinski definition) is 7. The average molecular weight is 562 g/mol. The Morgan fingerprint density at radius 3 is 2.77 bits per heavy atom. The zero-order valence-electron chi connectivity index (χ0n) is 20.4. The van der Waals surface area contributed by atoms with Crippen LogP contribution in [0.25, 0.3) is 16.9 Å². The van der Waals surface area contributed by atoms with Crippen molar-refractivity contribution in [2.45, 2.75) is 31.6 Å². The first-order chi connectivity index (χ1) is 18.6. The van der Waals surface area contributed by atoms with Crippen molar-refractivity contribution in [1.82, 2.24) is 40.5 Å². The first kappa shape index (κ1) is 26.4. The number of nitrogens with zero attached hydrogens (tertiary/aromatic N) is 4. The molecule has 0 spiro atoms. The maximum absolute atomic E-state index is 13.4. The first-order valence-corrected chi connectivity index (χ1v) is 12.3. The van der Waals surface area contributed by atoms with E-state index in [4.69, 9.17) is 11.6 Å². The van der Waals surface area contributed by atoms with Crippen LogP contribution < -0.4 is 21.3 Å². The summed E-state index contributed by atoms with van der Waals surface area (Å²) in [6.07, 6.45) is 1.47. The Morgan fingerprint density at radius 1 is 1.23 bits per heavy atom. The third-order valence-corrected chi connectivity index (χ3v) is 6.56. The lowest BCUT2D eigenvalue weighted by atomic mass is 10.1. The molecule has 1 saturated heterocycles. The molecule has 1 aliphatic rings. The third-order valence-electron chi connectivity index (χ3n) is 6.25. The SMILES string of the molecule is C[C@H](NC(=O)c1ccc(Nc2nccn3c(-c4cn[nH]c4C(F)(F)F)cnc23)cc1Cl)C(=O)N[C@H]1CCNC1. The molecule has 2 amide bonds. The van der Waals surface area contributed by atoms with Crippen LogP contribution in [0, 0.1) is 0 Å². The Bertz CT molecular complexity index is 1530. The van der Waals surface area contributed by atoms with Gasteiger partial charge in [0.05, 0.1) is 34.2 Å². The number of amides is 2. The van der Waals surface area contributed by atoms with E-state index in [1.807, 2.05) is 5.10 Å². The number of anilines is 2. The molecule has 5 N–H and O–H groups in total. The minimum atomic E-state index is -4.62. The molecule has 0 saturated carbocycles. The molecular formula is C24H23ClF3N9O2. The van der Waals surface area contributed by atoms with Crippen LogP contribution in [0.4, 0.5) is 24.7 Å². The molecule has 0 radical (unpaired) electrons. The van der Waals surface area contributed by atoms with E-state index in [0.717, 1.165) is 19.2 Å². The molecule has 0 bridgehead atoms. The minimum Gasteiger partial charge on any atom is -0.350 e. The molecule has 4 aromatic rings. The molecule has 1 aromatic carbocycles. The molecule has 1 aliphatic heterocycles. The van der Waals surface area contributed by atoms with E-state index in [9.17, 15) is 22.8 Å². The van der Waals surface area contributed by atoms with Gasteiger partial charge in [-0.2, -0.15) is 18.3 Å². The van der Waals surface area contributed by atoms with Crippen LogP contribution in [0.1, 0.15) is 29.4 Å². The van der Waals surface area contributed by atoms with Gasteiger partial charge in [0, 0.05) is 30.7 Å². The molecule has 204 valence electrons. The molecule has 4 heterocycles. The molecule has 0 aliphatic carbocycles. The number of imidazole rings is 1. The van der Waals surface area contributed by atoms with Crippen molar-refractivity contribution in [1.29, 1.82) is 0 Å². The van der Waals surface area contributed by atoms with Crippen molar-refractivity contribution in [3.8, 4) is 11.3 Å². The Hall–Kier alpha value is -4.17. The maximum atomic E-state index is 13.4. The summed E-state index contributed by atoms with van der Waals surface area (Å²) in [5.41, 5.74) is -0.0909. The van der Waals surface area contributed by atoms with Crippen LogP contribution in [0.5, 0.6) is 0 Å². The smallest absolute Gasteiger partial charge is 0.350 e. The van der Waals surface area contributed by atoms with Gasteiger partial charge in [0.1, 0.15) is 11.7 Å². The van der Waals surface area contributed by atoms with Gasteiger partial charge in [-0.3, -0.25) is 19.1 Å². The van der Waals surface area contributed by atoms with Crippen molar-refractivity contribution in [2.24, 2.45) is 0 Å². The summed E-state index contributed by atoms with van der Waals surface area (Å²) in [6, 6.07) is 3.84. The van der Waals surface area contributed by atoms with Gasteiger partial charge in [-0.25, -0.2) is 9.97 Å². The molecule has 1 fully saturated rings. The minimum absolute atomic E-state index is 0.0291.